The maximum Gasteiger partial charge on any atom is 0.345 e. The summed E-state index contributed by atoms with van der Waals surface area (Å²) in [6.45, 7) is 0. The molecule has 0 aliphatic rings. The van der Waals surface area contributed by atoms with Crippen molar-refractivity contribution >= 4 is 11.9 Å². The number of carboxylic acid groups (broad SMARTS) is 1. The lowest BCUT2D eigenvalue weighted by molar-refractivity contribution is 0.0590. The van der Waals surface area contributed by atoms with E-state index in [0.29, 0.717) is 0 Å². The van der Waals surface area contributed by atoms with Crippen molar-refractivity contribution in [2.45, 2.75) is 0 Å². The molecular weight excluding hydrogens is 228 g/mol. The van der Waals surface area contributed by atoms with Gasteiger partial charge in [0.15, 0.2) is 0 Å². The maximum absolute atomic E-state index is 11.5. The number of hydrogen-bond acceptors (Lipinski definition) is 5. The van der Waals surface area contributed by atoms with Crippen LogP contribution in [0.15, 0.2) is 12.1 Å². The van der Waals surface area contributed by atoms with Crippen molar-refractivity contribution in [1.29, 1.82) is 0 Å². The van der Waals surface area contributed by atoms with Gasteiger partial charge in [-0.2, -0.15) is 0 Å². The molecule has 92 valence electrons. The van der Waals surface area contributed by atoms with Crippen LogP contribution < -0.4 is 9.47 Å². The van der Waals surface area contributed by atoms with E-state index in [2.05, 4.69) is 4.74 Å². The van der Waals surface area contributed by atoms with Gasteiger partial charge in [0.1, 0.15) is 17.1 Å². The molecule has 0 bridgehead atoms. The van der Waals surface area contributed by atoms with E-state index < -0.39 is 11.9 Å². The first kappa shape index (κ1) is 12.8. The van der Waals surface area contributed by atoms with E-state index in [1.54, 1.807) is 0 Å². The number of esters is 1. The highest BCUT2D eigenvalue weighted by atomic mass is 16.5. The molecule has 0 saturated carbocycles. The van der Waals surface area contributed by atoms with E-state index in [-0.39, 0.29) is 22.6 Å². The molecule has 0 fully saturated rings. The first-order valence-corrected chi connectivity index (χ1v) is 4.62. The fraction of sp³-hybridized carbons (Fsp3) is 0.273. The van der Waals surface area contributed by atoms with Crippen LogP contribution in [0.1, 0.15) is 20.7 Å². The summed E-state index contributed by atoms with van der Waals surface area (Å²) in [4.78, 5) is 22.4. The molecule has 1 aromatic carbocycles. The van der Waals surface area contributed by atoms with E-state index in [4.69, 9.17) is 14.6 Å². The van der Waals surface area contributed by atoms with Crippen molar-refractivity contribution in [2.75, 3.05) is 21.3 Å². The number of carbonyl (C=O) groups is 2. The molecule has 17 heavy (non-hydrogen) atoms. The minimum Gasteiger partial charge on any atom is -0.496 e. The number of rotatable bonds is 4. The van der Waals surface area contributed by atoms with Gasteiger partial charge in [0, 0.05) is 0 Å². The molecule has 0 aliphatic carbocycles. The van der Waals surface area contributed by atoms with E-state index in [1.807, 2.05) is 0 Å². The third-order valence-electron chi connectivity index (χ3n) is 2.14. The predicted molar refractivity (Wildman–Crippen MR) is 57.8 cm³/mol. The van der Waals surface area contributed by atoms with E-state index in [0.717, 1.165) is 0 Å². The Hall–Kier alpha value is -2.24. The minimum absolute atomic E-state index is 0.0358. The molecule has 0 unspecified atom stereocenters. The smallest absolute Gasteiger partial charge is 0.345 e. The molecule has 0 aliphatic heterocycles. The Morgan fingerprint density at radius 1 is 1.06 bits per heavy atom. The van der Waals surface area contributed by atoms with Crippen LogP contribution in [-0.4, -0.2) is 38.4 Å². The lowest BCUT2D eigenvalue weighted by Gasteiger charge is -2.12. The monoisotopic (exact) mass is 240 g/mol. The van der Waals surface area contributed by atoms with Crippen molar-refractivity contribution < 1.29 is 28.9 Å². The molecule has 0 radical (unpaired) electrons. The summed E-state index contributed by atoms with van der Waals surface area (Å²) in [5.41, 5.74) is 0.0221. The molecule has 0 saturated heterocycles. The Morgan fingerprint density at radius 2 is 1.53 bits per heavy atom. The average molecular weight is 240 g/mol. The third-order valence-corrected chi connectivity index (χ3v) is 2.14. The Morgan fingerprint density at radius 3 is 1.82 bits per heavy atom. The number of aromatic carboxylic acids is 1. The number of carboxylic acids is 1. The van der Waals surface area contributed by atoms with Crippen LogP contribution in [0.2, 0.25) is 0 Å². The van der Waals surface area contributed by atoms with Gasteiger partial charge in [-0.05, 0) is 12.1 Å². The van der Waals surface area contributed by atoms with Gasteiger partial charge in [0.25, 0.3) is 0 Å². The zero-order valence-corrected chi connectivity index (χ0v) is 9.64. The Kier molecular flexibility index (Phi) is 3.92. The molecule has 6 heteroatoms. The molecule has 1 rings (SSSR count). The molecule has 0 heterocycles. The van der Waals surface area contributed by atoms with Gasteiger partial charge in [-0.25, -0.2) is 9.59 Å². The van der Waals surface area contributed by atoms with Crippen LogP contribution in [0.5, 0.6) is 11.5 Å². The van der Waals surface area contributed by atoms with Crippen molar-refractivity contribution in [3.63, 3.8) is 0 Å². The quantitative estimate of drug-likeness (QED) is 0.796. The number of hydrogen-bond donors (Lipinski definition) is 1. The van der Waals surface area contributed by atoms with Crippen LogP contribution >= 0.6 is 0 Å². The first-order valence-electron chi connectivity index (χ1n) is 4.62. The number of carbonyl (C=O) groups excluding carboxylic acids is 1. The second-order valence-electron chi connectivity index (χ2n) is 3.05. The van der Waals surface area contributed by atoms with Crippen LogP contribution in [-0.2, 0) is 4.74 Å². The summed E-state index contributed by atoms with van der Waals surface area (Å²) < 4.78 is 14.5. The van der Waals surface area contributed by atoms with Gasteiger partial charge in [-0.15, -0.1) is 0 Å². The maximum atomic E-state index is 11.5. The van der Waals surface area contributed by atoms with Crippen molar-refractivity contribution in [2.24, 2.45) is 0 Å². The second-order valence-corrected chi connectivity index (χ2v) is 3.05. The van der Waals surface area contributed by atoms with Gasteiger partial charge in [0.05, 0.1) is 26.9 Å². The molecule has 1 N–H and O–H groups in total. The first-order chi connectivity index (χ1) is 8.04. The number of methoxy groups -OCH3 is 3. The minimum atomic E-state index is -1.14. The Bertz CT molecular complexity index is 426. The summed E-state index contributed by atoms with van der Waals surface area (Å²) >= 11 is 0. The number of benzene rings is 1. The summed E-state index contributed by atoms with van der Waals surface area (Å²) in [6, 6.07) is 2.47. The molecule has 0 atom stereocenters. The lowest BCUT2D eigenvalue weighted by Crippen LogP contribution is -2.09. The zero-order valence-electron chi connectivity index (χ0n) is 9.64. The number of ether oxygens (including phenoxy) is 3. The normalized spacial score (nSPS) is 9.59. The van der Waals surface area contributed by atoms with E-state index in [1.165, 1.54) is 33.5 Å². The molecule has 6 nitrogen and oxygen atoms in total. The highest BCUT2D eigenvalue weighted by Gasteiger charge is 2.22. The van der Waals surface area contributed by atoms with Gasteiger partial charge in [-0.3, -0.25) is 0 Å². The summed E-state index contributed by atoms with van der Waals surface area (Å²) in [7, 11) is 3.87. The van der Waals surface area contributed by atoms with E-state index >= 15 is 0 Å². The molecule has 1 aromatic rings. The van der Waals surface area contributed by atoms with Gasteiger partial charge < -0.3 is 19.3 Å². The Labute approximate surface area is 97.7 Å². The van der Waals surface area contributed by atoms with Crippen molar-refractivity contribution in [3.8, 4) is 11.5 Å². The second kappa shape index (κ2) is 5.20. The average Bonchev–Trinajstić information content (AvgIpc) is 2.35. The van der Waals surface area contributed by atoms with Crippen LogP contribution in [0.4, 0.5) is 0 Å². The SMILES string of the molecule is COC(=O)c1c(OC)cc(C(=O)O)cc1OC. The molecule has 0 spiro atoms. The van der Waals surface area contributed by atoms with Crippen LogP contribution in [0.3, 0.4) is 0 Å². The van der Waals surface area contributed by atoms with Crippen molar-refractivity contribution in [1.82, 2.24) is 0 Å². The van der Waals surface area contributed by atoms with E-state index in [9.17, 15) is 9.59 Å². The van der Waals surface area contributed by atoms with Gasteiger partial charge >= 0.3 is 11.9 Å². The fourth-order valence-electron chi connectivity index (χ4n) is 1.34. The summed E-state index contributed by atoms with van der Waals surface area (Å²) in [6.07, 6.45) is 0. The highest BCUT2D eigenvalue weighted by Crippen LogP contribution is 2.31. The standard InChI is InChI=1S/C11H12O6/c1-15-7-4-6(10(12)13)5-8(16-2)9(7)11(14)17-3/h4-5H,1-3H3,(H,12,13). The molecule has 0 amide bonds. The Balaban J connectivity index is 3.46. The predicted octanol–water partition coefficient (Wildman–Crippen LogP) is 1.19. The summed E-state index contributed by atoms with van der Waals surface area (Å²) in [5.74, 6) is -1.61. The van der Waals surface area contributed by atoms with Crippen LogP contribution in [0.25, 0.3) is 0 Å². The highest BCUT2D eigenvalue weighted by molar-refractivity contribution is 5.98. The van der Waals surface area contributed by atoms with Gasteiger partial charge in [-0.1, -0.05) is 0 Å². The molecule has 0 aromatic heterocycles. The lowest BCUT2D eigenvalue weighted by atomic mass is 10.1. The topological polar surface area (TPSA) is 82.1 Å². The summed E-state index contributed by atoms with van der Waals surface area (Å²) in [5, 5.41) is 8.88. The fourth-order valence-corrected chi connectivity index (χ4v) is 1.34. The van der Waals surface area contributed by atoms with Crippen molar-refractivity contribution in [3.05, 3.63) is 23.3 Å². The largest absolute Gasteiger partial charge is 0.496 e. The van der Waals surface area contributed by atoms with Crippen LogP contribution in [0, 0.1) is 0 Å². The third kappa shape index (κ3) is 2.47. The zero-order chi connectivity index (χ0) is 13.0. The van der Waals surface area contributed by atoms with Gasteiger partial charge in [0.2, 0.25) is 0 Å². The molecular formula is C11H12O6.